The summed E-state index contributed by atoms with van der Waals surface area (Å²) in [6.45, 7) is 2.87. The molecule has 0 aromatic heterocycles. The second-order valence-electron chi connectivity index (χ2n) is 6.13. The number of halogens is 1. The first-order chi connectivity index (χ1) is 10.9. The molecule has 1 aromatic carbocycles. The van der Waals surface area contributed by atoms with Crippen molar-refractivity contribution < 1.29 is 19.4 Å². The number of aliphatic carboxylic acids is 1. The van der Waals surface area contributed by atoms with Crippen LogP contribution in [0.1, 0.15) is 25.3 Å². The van der Waals surface area contributed by atoms with E-state index in [1.54, 1.807) is 18.9 Å². The Hall–Kier alpha value is -1.40. The average Bonchev–Trinajstić information content (AvgIpc) is 2.54. The van der Waals surface area contributed by atoms with Gasteiger partial charge in [0.15, 0.2) is 0 Å². The highest BCUT2D eigenvalue weighted by Gasteiger charge is 2.43. The normalized spacial score (nSPS) is 18.2. The number of carbonyl (C=O) groups is 2. The summed E-state index contributed by atoms with van der Waals surface area (Å²) in [4.78, 5) is 25.8. The first-order valence-corrected chi connectivity index (χ1v) is 8.48. The summed E-state index contributed by atoms with van der Waals surface area (Å²) in [7, 11) is 1.68. The van der Waals surface area contributed by atoms with E-state index in [0.717, 1.165) is 10.0 Å². The van der Waals surface area contributed by atoms with Crippen molar-refractivity contribution in [2.24, 2.45) is 5.92 Å². The maximum Gasteiger partial charge on any atom is 0.308 e. The van der Waals surface area contributed by atoms with Crippen LogP contribution in [0.3, 0.4) is 0 Å². The number of ether oxygens (including phenoxy) is 1. The van der Waals surface area contributed by atoms with Gasteiger partial charge in [0.25, 0.3) is 0 Å². The Morgan fingerprint density at radius 1 is 1.39 bits per heavy atom. The second kappa shape index (κ2) is 7.45. The number of hydrogen-bond donors (Lipinski definition) is 1. The molecule has 0 spiro atoms. The Morgan fingerprint density at radius 2 is 2.04 bits per heavy atom. The van der Waals surface area contributed by atoms with Crippen molar-refractivity contribution in [1.29, 1.82) is 0 Å². The van der Waals surface area contributed by atoms with Gasteiger partial charge in [-0.2, -0.15) is 0 Å². The molecule has 1 aliphatic heterocycles. The van der Waals surface area contributed by atoms with Crippen molar-refractivity contribution in [2.75, 3.05) is 26.8 Å². The number of hydrogen-bond acceptors (Lipinski definition) is 3. The summed E-state index contributed by atoms with van der Waals surface area (Å²) in [5.74, 6) is -1.52. The topological polar surface area (TPSA) is 66.8 Å². The SMILES string of the molecule is CC(CN(C)C(=O)C1(c2cccc(Br)c2)CCOCC1)C(=O)O. The van der Waals surface area contributed by atoms with Crippen LogP contribution in [-0.4, -0.2) is 48.7 Å². The number of amides is 1. The van der Waals surface area contributed by atoms with E-state index >= 15 is 0 Å². The van der Waals surface area contributed by atoms with Crippen LogP contribution in [0.2, 0.25) is 0 Å². The summed E-state index contributed by atoms with van der Waals surface area (Å²) in [6.07, 6.45) is 1.21. The Labute approximate surface area is 144 Å². The van der Waals surface area contributed by atoms with E-state index in [9.17, 15) is 9.59 Å². The molecule has 5 nitrogen and oxygen atoms in total. The monoisotopic (exact) mass is 383 g/mol. The van der Waals surface area contributed by atoms with E-state index in [2.05, 4.69) is 15.9 Å². The third-order valence-electron chi connectivity index (χ3n) is 4.45. The second-order valence-corrected chi connectivity index (χ2v) is 7.05. The van der Waals surface area contributed by atoms with Crippen molar-refractivity contribution in [1.82, 2.24) is 4.90 Å². The zero-order chi connectivity index (χ0) is 17.0. The molecule has 1 unspecified atom stereocenters. The predicted octanol–water partition coefficient (Wildman–Crippen LogP) is 2.68. The van der Waals surface area contributed by atoms with Crippen LogP contribution < -0.4 is 0 Å². The Bertz CT molecular complexity index is 584. The van der Waals surface area contributed by atoms with Crippen molar-refractivity contribution >= 4 is 27.8 Å². The predicted molar refractivity (Wildman–Crippen MR) is 90.3 cm³/mol. The summed E-state index contributed by atoms with van der Waals surface area (Å²) in [6, 6.07) is 7.78. The van der Waals surface area contributed by atoms with Crippen LogP contribution in [0, 0.1) is 5.92 Å². The molecule has 1 heterocycles. The van der Waals surface area contributed by atoms with Crippen molar-refractivity contribution in [2.45, 2.75) is 25.2 Å². The van der Waals surface area contributed by atoms with Crippen molar-refractivity contribution in [3.63, 3.8) is 0 Å². The minimum Gasteiger partial charge on any atom is -0.481 e. The number of carboxylic acids is 1. The summed E-state index contributed by atoms with van der Waals surface area (Å²) >= 11 is 3.46. The van der Waals surface area contributed by atoms with Gasteiger partial charge >= 0.3 is 5.97 Å². The average molecular weight is 384 g/mol. The maximum atomic E-state index is 13.2. The highest BCUT2D eigenvalue weighted by Crippen LogP contribution is 2.37. The van der Waals surface area contributed by atoms with Crippen LogP contribution in [0.4, 0.5) is 0 Å². The smallest absolute Gasteiger partial charge is 0.308 e. The third kappa shape index (κ3) is 3.93. The standard InChI is InChI=1S/C17H22BrNO4/c1-12(15(20)21)11-19(2)16(22)17(6-8-23-9-7-17)13-4-3-5-14(18)10-13/h3-5,10,12H,6-9,11H2,1-2H3,(H,20,21). The number of carboxylic acid groups (broad SMARTS) is 1. The van der Waals surface area contributed by atoms with E-state index < -0.39 is 17.3 Å². The molecule has 0 aliphatic carbocycles. The van der Waals surface area contributed by atoms with E-state index in [1.165, 1.54) is 0 Å². The highest BCUT2D eigenvalue weighted by molar-refractivity contribution is 9.10. The fourth-order valence-corrected chi connectivity index (χ4v) is 3.47. The van der Waals surface area contributed by atoms with Gasteiger partial charge in [-0.25, -0.2) is 0 Å². The molecule has 2 rings (SSSR count). The molecule has 0 radical (unpaired) electrons. The lowest BCUT2D eigenvalue weighted by Gasteiger charge is -2.39. The molecule has 1 aliphatic rings. The largest absolute Gasteiger partial charge is 0.481 e. The number of nitrogens with zero attached hydrogens (tertiary/aromatic N) is 1. The molecule has 1 fully saturated rings. The van der Waals surface area contributed by atoms with Gasteiger partial charge in [0.05, 0.1) is 11.3 Å². The molecule has 0 saturated carbocycles. The van der Waals surface area contributed by atoms with Crippen LogP contribution in [0.5, 0.6) is 0 Å². The minimum atomic E-state index is -0.895. The van der Waals surface area contributed by atoms with E-state index in [4.69, 9.17) is 9.84 Å². The molecule has 1 amide bonds. The number of benzene rings is 1. The fraction of sp³-hybridized carbons (Fsp3) is 0.529. The van der Waals surface area contributed by atoms with Crippen LogP contribution in [0.25, 0.3) is 0 Å². The lowest BCUT2D eigenvalue weighted by molar-refractivity contribution is -0.145. The van der Waals surface area contributed by atoms with Gasteiger partial charge in [0.2, 0.25) is 5.91 Å². The molecule has 0 bridgehead atoms. The van der Waals surface area contributed by atoms with Crippen LogP contribution in [-0.2, 0) is 19.7 Å². The molecule has 1 N–H and O–H groups in total. The van der Waals surface area contributed by atoms with E-state index in [1.807, 2.05) is 24.3 Å². The third-order valence-corrected chi connectivity index (χ3v) is 4.94. The molecular formula is C17H22BrNO4. The minimum absolute atomic E-state index is 0.0352. The van der Waals surface area contributed by atoms with Crippen molar-refractivity contribution in [3.8, 4) is 0 Å². The molecule has 1 saturated heterocycles. The van der Waals surface area contributed by atoms with Crippen LogP contribution >= 0.6 is 15.9 Å². The molecule has 126 valence electrons. The molecule has 1 atom stereocenters. The lowest BCUT2D eigenvalue weighted by Crippen LogP contribution is -2.50. The quantitative estimate of drug-likeness (QED) is 0.848. The molecular weight excluding hydrogens is 362 g/mol. The summed E-state index contributed by atoms with van der Waals surface area (Å²) in [5, 5.41) is 9.08. The van der Waals surface area contributed by atoms with Crippen molar-refractivity contribution in [3.05, 3.63) is 34.3 Å². The van der Waals surface area contributed by atoms with Gasteiger partial charge < -0.3 is 14.7 Å². The zero-order valence-corrected chi connectivity index (χ0v) is 15.0. The maximum absolute atomic E-state index is 13.2. The van der Waals surface area contributed by atoms with Gasteiger partial charge in [-0.3, -0.25) is 9.59 Å². The highest BCUT2D eigenvalue weighted by atomic mass is 79.9. The fourth-order valence-electron chi connectivity index (χ4n) is 3.07. The Kier molecular flexibility index (Phi) is 5.81. The summed E-state index contributed by atoms with van der Waals surface area (Å²) < 4.78 is 6.38. The van der Waals surface area contributed by atoms with Gasteiger partial charge in [0, 0.05) is 31.3 Å². The number of rotatable bonds is 5. The van der Waals surface area contributed by atoms with Gasteiger partial charge in [-0.15, -0.1) is 0 Å². The summed E-state index contributed by atoms with van der Waals surface area (Å²) in [5.41, 5.74) is 0.310. The lowest BCUT2D eigenvalue weighted by atomic mass is 9.73. The first kappa shape index (κ1) is 17.9. The Balaban J connectivity index is 2.31. The number of likely N-dealkylation sites (N-methyl/N-ethyl adjacent to an activating group) is 1. The molecule has 1 aromatic rings. The molecule has 23 heavy (non-hydrogen) atoms. The van der Waals surface area contributed by atoms with Gasteiger partial charge in [0.1, 0.15) is 0 Å². The van der Waals surface area contributed by atoms with Gasteiger partial charge in [-0.05, 0) is 30.5 Å². The zero-order valence-electron chi connectivity index (χ0n) is 13.4. The number of carbonyl (C=O) groups excluding carboxylic acids is 1. The van der Waals surface area contributed by atoms with E-state index in [0.29, 0.717) is 26.1 Å². The van der Waals surface area contributed by atoms with Gasteiger partial charge in [-0.1, -0.05) is 35.0 Å². The van der Waals surface area contributed by atoms with E-state index in [-0.39, 0.29) is 12.5 Å². The Morgan fingerprint density at radius 3 is 2.61 bits per heavy atom. The molecule has 6 heteroatoms. The first-order valence-electron chi connectivity index (χ1n) is 7.69. The van der Waals surface area contributed by atoms with Crippen LogP contribution in [0.15, 0.2) is 28.7 Å².